The third kappa shape index (κ3) is 3.75. The van der Waals surface area contributed by atoms with Crippen molar-refractivity contribution in [2.75, 3.05) is 33.0 Å². The minimum atomic E-state index is 0.258. The van der Waals surface area contributed by atoms with Crippen LogP contribution in [0.2, 0.25) is 5.02 Å². The summed E-state index contributed by atoms with van der Waals surface area (Å²) in [5.74, 6) is 1.40. The third-order valence-electron chi connectivity index (χ3n) is 3.32. The Morgan fingerprint density at radius 3 is 2.79 bits per heavy atom. The lowest BCUT2D eigenvalue weighted by atomic mass is 10.2. The quantitative estimate of drug-likeness (QED) is 0.780. The van der Waals surface area contributed by atoms with Crippen LogP contribution in [0.3, 0.4) is 0 Å². The van der Waals surface area contributed by atoms with Crippen molar-refractivity contribution in [3.05, 3.63) is 22.7 Å². The molecule has 0 unspecified atom stereocenters. The molecule has 0 bridgehead atoms. The third-order valence-corrected chi connectivity index (χ3v) is 3.60. The fourth-order valence-electron chi connectivity index (χ4n) is 2.13. The van der Waals surface area contributed by atoms with Gasteiger partial charge in [0.15, 0.2) is 11.5 Å². The maximum atomic E-state index is 6.14. The zero-order chi connectivity index (χ0) is 13.7. The van der Waals surface area contributed by atoms with E-state index in [1.165, 1.54) is 0 Å². The second-order valence-electron chi connectivity index (χ2n) is 4.52. The van der Waals surface area contributed by atoms with Gasteiger partial charge in [0.1, 0.15) is 0 Å². The minimum Gasteiger partial charge on any atom is -0.454 e. The highest BCUT2D eigenvalue weighted by atomic mass is 35.5. The number of likely N-dealkylation sites (N-methyl/N-ethyl adjacent to an activating group) is 1. The van der Waals surface area contributed by atoms with Gasteiger partial charge < -0.3 is 19.7 Å². The Bertz CT molecular complexity index is 422. The van der Waals surface area contributed by atoms with Crippen molar-refractivity contribution < 1.29 is 9.47 Å². The lowest BCUT2D eigenvalue weighted by Crippen LogP contribution is -2.31. The predicted octanol–water partition coefficient (Wildman–Crippen LogP) is 2.50. The summed E-state index contributed by atoms with van der Waals surface area (Å²) in [4.78, 5) is 2.39. The van der Waals surface area contributed by atoms with Crippen molar-refractivity contribution in [3.63, 3.8) is 0 Å². The van der Waals surface area contributed by atoms with Crippen LogP contribution in [0, 0.1) is 0 Å². The van der Waals surface area contributed by atoms with Gasteiger partial charge in [-0.25, -0.2) is 0 Å². The summed E-state index contributed by atoms with van der Waals surface area (Å²) < 4.78 is 10.6. The Kier molecular flexibility index (Phi) is 5.31. The highest BCUT2D eigenvalue weighted by Crippen LogP contribution is 2.39. The summed E-state index contributed by atoms with van der Waals surface area (Å²) in [6.07, 6.45) is 0. The highest BCUT2D eigenvalue weighted by molar-refractivity contribution is 6.32. The van der Waals surface area contributed by atoms with Crippen LogP contribution in [0.1, 0.15) is 19.4 Å². The van der Waals surface area contributed by atoms with Crippen LogP contribution in [0.15, 0.2) is 12.1 Å². The number of hydrogen-bond donors (Lipinski definition) is 1. The molecule has 5 heteroatoms. The molecule has 0 saturated carbocycles. The molecule has 106 valence electrons. The average Bonchev–Trinajstić information content (AvgIpc) is 2.88. The molecule has 19 heavy (non-hydrogen) atoms. The Hall–Kier alpha value is -0.970. The van der Waals surface area contributed by atoms with Gasteiger partial charge >= 0.3 is 0 Å². The van der Waals surface area contributed by atoms with Gasteiger partial charge in [-0.15, -0.1) is 0 Å². The molecule has 0 saturated heterocycles. The normalized spacial score (nSPS) is 13.3. The van der Waals surface area contributed by atoms with Crippen molar-refractivity contribution in [1.82, 2.24) is 10.2 Å². The summed E-state index contributed by atoms with van der Waals surface area (Å²) in [7, 11) is 0. The first-order valence-electron chi connectivity index (χ1n) is 6.75. The van der Waals surface area contributed by atoms with E-state index in [4.69, 9.17) is 21.1 Å². The van der Waals surface area contributed by atoms with Crippen LogP contribution >= 0.6 is 11.6 Å². The highest BCUT2D eigenvalue weighted by Gasteiger charge is 2.17. The molecule has 0 atom stereocenters. The first kappa shape index (κ1) is 14.4. The first-order chi connectivity index (χ1) is 9.24. The molecule has 1 aliphatic rings. The van der Waals surface area contributed by atoms with E-state index in [2.05, 4.69) is 24.1 Å². The second kappa shape index (κ2) is 6.98. The molecular weight excluding hydrogens is 264 g/mol. The fourth-order valence-corrected chi connectivity index (χ4v) is 2.42. The summed E-state index contributed by atoms with van der Waals surface area (Å²) >= 11 is 6.14. The molecule has 0 radical (unpaired) electrons. The number of benzene rings is 1. The molecule has 0 fully saturated rings. The maximum Gasteiger partial charge on any atom is 0.231 e. The number of nitrogens with one attached hydrogen (secondary N) is 1. The van der Waals surface area contributed by atoms with Crippen molar-refractivity contribution in [1.29, 1.82) is 0 Å². The van der Waals surface area contributed by atoms with Crippen LogP contribution in [-0.4, -0.2) is 37.9 Å². The largest absolute Gasteiger partial charge is 0.454 e. The monoisotopic (exact) mass is 284 g/mol. The number of hydrogen-bond acceptors (Lipinski definition) is 4. The number of rotatable bonds is 7. The summed E-state index contributed by atoms with van der Waals surface area (Å²) in [5, 5.41) is 4.04. The lowest BCUT2D eigenvalue weighted by Gasteiger charge is -2.18. The van der Waals surface area contributed by atoms with E-state index in [-0.39, 0.29) is 6.79 Å². The topological polar surface area (TPSA) is 33.7 Å². The fraction of sp³-hybridized carbons (Fsp3) is 0.571. The molecular formula is C14H21ClN2O2. The zero-order valence-electron chi connectivity index (χ0n) is 11.5. The molecule has 1 aromatic carbocycles. The molecule has 1 aliphatic heterocycles. The van der Waals surface area contributed by atoms with Crippen molar-refractivity contribution in [3.8, 4) is 11.5 Å². The van der Waals surface area contributed by atoms with Crippen LogP contribution in [0.5, 0.6) is 11.5 Å². The van der Waals surface area contributed by atoms with Crippen molar-refractivity contribution in [2.24, 2.45) is 0 Å². The number of ether oxygens (including phenoxy) is 2. The molecule has 1 aromatic rings. The van der Waals surface area contributed by atoms with E-state index in [1.54, 1.807) is 0 Å². The number of halogens is 1. The van der Waals surface area contributed by atoms with Gasteiger partial charge in [-0.3, -0.25) is 0 Å². The minimum absolute atomic E-state index is 0.258. The second-order valence-corrected chi connectivity index (χ2v) is 4.92. The summed E-state index contributed by atoms with van der Waals surface area (Å²) in [6.45, 7) is 9.62. The molecule has 2 rings (SSSR count). The SMILES string of the molecule is CCN(CC)CCNCc1cc(Cl)c2c(c1)OCO2. The average molecular weight is 285 g/mol. The molecule has 1 N–H and O–H groups in total. The Balaban J connectivity index is 1.82. The molecule has 0 aliphatic carbocycles. The van der Waals surface area contributed by atoms with Crippen LogP contribution < -0.4 is 14.8 Å². The predicted molar refractivity (Wildman–Crippen MR) is 77.1 cm³/mol. The lowest BCUT2D eigenvalue weighted by molar-refractivity contribution is 0.174. The molecule has 4 nitrogen and oxygen atoms in total. The van der Waals surface area contributed by atoms with Crippen molar-refractivity contribution in [2.45, 2.75) is 20.4 Å². The Morgan fingerprint density at radius 1 is 1.26 bits per heavy atom. The van der Waals surface area contributed by atoms with Gasteiger partial charge in [0, 0.05) is 19.6 Å². The number of fused-ring (bicyclic) bond motifs is 1. The van der Waals surface area contributed by atoms with E-state index >= 15 is 0 Å². The van der Waals surface area contributed by atoms with Crippen molar-refractivity contribution >= 4 is 11.6 Å². The Labute approximate surface area is 119 Å². The number of nitrogens with zero attached hydrogens (tertiary/aromatic N) is 1. The smallest absolute Gasteiger partial charge is 0.231 e. The van der Waals surface area contributed by atoms with Gasteiger partial charge in [-0.05, 0) is 30.8 Å². The van der Waals surface area contributed by atoms with Gasteiger partial charge in [0.05, 0.1) is 5.02 Å². The van der Waals surface area contributed by atoms with Crippen LogP contribution in [-0.2, 0) is 6.54 Å². The van der Waals surface area contributed by atoms with Gasteiger partial charge in [0.25, 0.3) is 0 Å². The molecule has 1 heterocycles. The summed E-state index contributed by atoms with van der Waals surface area (Å²) in [6, 6.07) is 3.91. The van der Waals surface area contributed by atoms with Gasteiger partial charge in [-0.2, -0.15) is 0 Å². The van der Waals surface area contributed by atoms with E-state index in [9.17, 15) is 0 Å². The van der Waals surface area contributed by atoms with Gasteiger partial charge in [-0.1, -0.05) is 25.4 Å². The first-order valence-corrected chi connectivity index (χ1v) is 7.13. The standard InChI is InChI=1S/C14H21ClN2O2/c1-3-17(4-2)6-5-16-9-11-7-12(15)14-13(8-11)18-10-19-14/h7-8,16H,3-6,9-10H2,1-2H3. The van der Waals surface area contributed by atoms with Crippen LogP contribution in [0.25, 0.3) is 0 Å². The molecule has 0 amide bonds. The summed E-state index contributed by atoms with van der Waals surface area (Å²) in [5.41, 5.74) is 1.12. The van der Waals surface area contributed by atoms with E-state index in [0.29, 0.717) is 10.8 Å². The molecule has 0 aromatic heterocycles. The van der Waals surface area contributed by atoms with E-state index < -0.39 is 0 Å². The molecule has 0 spiro atoms. The zero-order valence-corrected chi connectivity index (χ0v) is 12.3. The maximum absolute atomic E-state index is 6.14. The van der Waals surface area contributed by atoms with E-state index in [1.807, 2.05) is 12.1 Å². The van der Waals surface area contributed by atoms with Crippen LogP contribution in [0.4, 0.5) is 0 Å². The van der Waals surface area contributed by atoms with E-state index in [0.717, 1.165) is 44.0 Å². The van der Waals surface area contributed by atoms with Gasteiger partial charge in [0.2, 0.25) is 6.79 Å². The Morgan fingerprint density at radius 2 is 2.05 bits per heavy atom.